The van der Waals surface area contributed by atoms with Crippen molar-refractivity contribution < 1.29 is 19.0 Å². The smallest absolute Gasteiger partial charge is 0.258 e. The topological polar surface area (TPSA) is 60.0 Å². The number of rotatable bonds is 6. The summed E-state index contributed by atoms with van der Waals surface area (Å²) < 4.78 is 16.4. The molecule has 3 rings (SSSR count). The average molecular weight is 354 g/mol. The zero-order chi connectivity index (χ0) is 18.7. The predicted octanol–water partition coefficient (Wildman–Crippen LogP) is 3.46. The van der Waals surface area contributed by atoms with E-state index < -0.39 is 6.17 Å². The maximum absolute atomic E-state index is 13.0. The quantitative estimate of drug-likeness (QED) is 0.805. The second-order valence-corrected chi connectivity index (χ2v) is 5.76. The number of fused-ring (bicyclic) bond motifs is 1. The van der Waals surface area contributed by atoms with Crippen LogP contribution in [0.15, 0.2) is 49.1 Å². The molecule has 0 aromatic heterocycles. The van der Waals surface area contributed by atoms with Crippen LogP contribution in [-0.4, -0.2) is 38.7 Å². The fraction of sp³-hybridized carbons (Fsp3) is 0.250. The number of nitrogens with one attached hydrogen (secondary N) is 1. The highest BCUT2D eigenvalue weighted by Gasteiger charge is 2.34. The Kier molecular flexibility index (Phi) is 5.02. The van der Waals surface area contributed by atoms with Gasteiger partial charge in [0.25, 0.3) is 5.91 Å². The van der Waals surface area contributed by atoms with Gasteiger partial charge in [0, 0.05) is 17.8 Å². The van der Waals surface area contributed by atoms with Crippen LogP contribution in [0.4, 0.5) is 5.69 Å². The minimum absolute atomic E-state index is 0.0684. The summed E-state index contributed by atoms with van der Waals surface area (Å²) >= 11 is 0. The summed E-state index contributed by atoms with van der Waals surface area (Å²) in [5, 5.41) is 3.42. The van der Waals surface area contributed by atoms with Crippen LogP contribution < -0.4 is 19.5 Å². The standard InChI is InChI=1S/C20H22N2O4/c1-5-12-22-19(21-15-9-7-6-8-13(15)20(22)23)14-10-11-16(24-2)18(26-4)17(14)25-3/h5-11,19,21H,1,12H2,2-4H3. The average Bonchev–Trinajstić information content (AvgIpc) is 2.68. The minimum atomic E-state index is -0.426. The highest BCUT2D eigenvalue weighted by molar-refractivity contribution is 6.01. The van der Waals surface area contributed by atoms with Gasteiger partial charge in [-0.25, -0.2) is 0 Å². The van der Waals surface area contributed by atoms with Crippen LogP contribution in [0.25, 0.3) is 0 Å². The molecule has 0 radical (unpaired) electrons. The summed E-state index contributed by atoms with van der Waals surface area (Å²) in [6.07, 6.45) is 1.28. The Labute approximate surface area is 153 Å². The molecular formula is C20H22N2O4. The summed E-state index contributed by atoms with van der Waals surface area (Å²) in [7, 11) is 4.69. The number of carbonyl (C=O) groups excluding carboxylic acids is 1. The fourth-order valence-corrected chi connectivity index (χ4v) is 3.21. The van der Waals surface area contributed by atoms with Crippen molar-refractivity contribution in [2.45, 2.75) is 6.17 Å². The van der Waals surface area contributed by atoms with E-state index in [4.69, 9.17) is 14.2 Å². The Morgan fingerprint density at radius 2 is 1.81 bits per heavy atom. The third-order valence-corrected chi connectivity index (χ3v) is 4.38. The van der Waals surface area contributed by atoms with Crippen molar-refractivity contribution in [1.82, 2.24) is 4.90 Å². The largest absolute Gasteiger partial charge is 0.493 e. The zero-order valence-corrected chi connectivity index (χ0v) is 15.1. The van der Waals surface area contributed by atoms with Gasteiger partial charge in [-0.3, -0.25) is 4.79 Å². The van der Waals surface area contributed by atoms with Gasteiger partial charge < -0.3 is 24.4 Å². The molecule has 2 aromatic rings. The van der Waals surface area contributed by atoms with Crippen LogP contribution in [0.3, 0.4) is 0 Å². The number of hydrogen-bond acceptors (Lipinski definition) is 5. The molecule has 0 spiro atoms. The molecule has 0 aliphatic carbocycles. The molecule has 1 atom stereocenters. The number of hydrogen-bond donors (Lipinski definition) is 1. The van der Waals surface area contributed by atoms with E-state index in [1.807, 2.05) is 30.3 Å². The van der Waals surface area contributed by atoms with Crippen molar-refractivity contribution in [2.75, 3.05) is 33.2 Å². The molecule has 1 unspecified atom stereocenters. The molecule has 0 saturated heterocycles. The van der Waals surface area contributed by atoms with Crippen molar-refractivity contribution in [3.05, 3.63) is 60.2 Å². The first kappa shape index (κ1) is 17.7. The molecule has 1 heterocycles. The van der Waals surface area contributed by atoms with E-state index in [-0.39, 0.29) is 5.91 Å². The van der Waals surface area contributed by atoms with Gasteiger partial charge in [0.2, 0.25) is 5.75 Å². The van der Waals surface area contributed by atoms with Crippen molar-refractivity contribution in [1.29, 1.82) is 0 Å². The number of anilines is 1. The fourth-order valence-electron chi connectivity index (χ4n) is 3.21. The van der Waals surface area contributed by atoms with E-state index >= 15 is 0 Å². The van der Waals surface area contributed by atoms with Gasteiger partial charge in [-0.2, -0.15) is 0 Å². The van der Waals surface area contributed by atoms with E-state index in [0.717, 1.165) is 11.3 Å². The third kappa shape index (κ3) is 2.83. The first-order valence-electron chi connectivity index (χ1n) is 8.22. The molecule has 0 fully saturated rings. The number of ether oxygens (including phenoxy) is 3. The van der Waals surface area contributed by atoms with Crippen LogP contribution in [-0.2, 0) is 0 Å². The van der Waals surface area contributed by atoms with E-state index in [1.54, 1.807) is 38.4 Å². The molecule has 0 bridgehead atoms. The zero-order valence-electron chi connectivity index (χ0n) is 15.1. The van der Waals surface area contributed by atoms with Crippen LogP contribution >= 0.6 is 0 Å². The summed E-state index contributed by atoms with van der Waals surface area (Å²) in [5.74, 6) is 1.50. The Morgan fingerprint density at radius 1 is 1.08 bits per heavy atom. The van der Waals surface area contributed by atoms with Crippen molar-refractivity contribution in [3.8, 4) is 17.2 Å². The highest BCUT2D eigenvalue weighted by Crippen LogP contribution is 2.45. The van der Waals surface area contributed by atoms with Crippen LogP contribution in [0, 0.1) is 0 Å². The number of nitrogens with zero attached hydrogens (tertiary/aromatic N) is 1. The molecule has 6 nitrogen and oxygen atoms in total. The van der Waals surface area contributed by atoms with Crippen LogP contribution in [0.2, 0.25) is 0 Å². The summed E-state index contributed by atoms with van der Waals surface area (Å²) in [6.45, 7) is 4.17. The second-order valence-electron chi connectivity index (χ2n) is 5.76. The lowest BCUT2D eigenvalue weighted by Crippen LogP contribution is -2.43. The Bertz CT molecular complexity index is 835. The molecule has 1 aliphatic heterocycles. The number of benzene rings is 2. The molecular weight excluding hydrogens is 332 g/mol. The molecule has 6 heteroatoms. The van der Waals surface area contributed by atoms with Gasteiger partial charge in [-0.15, -0.1) is 6.58 Å². The van der Waals surface area contributed by atoms with Gasteiger partial charge in [0.15, 0.2) is 11.5 Å². The molecule has 1 N–H and O–H groups in total. The van der Waals surface area contributed by atoms with Gasteiger partial charge in [0.1, 0.15) is 6.17 Å². The van der Waals surface area contributed by atoms with Gasteiger partial charge in [-0.05, 0) is 24.3 Å². The second kappa shape index (κ2) is 7.39. The normalized spacial score (nSPS) is 15.7. The number of methoxy groups -OCH3 is 3. The summed E-state index contributed by atoms with van der Waals surface area (Å²) in [5.41, 5.74) is 2.18. The molecule has 136 valence electrons. The first-order valence-corrected chi connectivity index (χ1v) is 8.22. The predicted molar refractivity (Wildman–Crippen MR) is 100 cm³/mol. The van der Waals surface area contributed by atoms with Gasteiger partial charge >= 0.3 is 0 Å². The Balaban J connectivity index is 2.15. The van der Waals surface area contributed by atoms with Crippen molar-refractivity contribution >= 4 is 11.6 Å². The van der Waals surface area contributed by atoms with Crippen LogP contribution in [0.5, 0.6) is 17.2 Å². The monoisotopic (exact) mass is 354 g/mol. The molecule has 26 heavy (non-hydrogen) atoms. The van der Waals surface area contributed by atoms with Crippen molar-refractivity contribution in [3.63, 3.8) is 0 Å². The number of amides is 1. The highest BCUT2D eigenvalue weighted by atomic mass is 16.5. The van der Waals surface area contributed by atoms with Crippen molar-refractivity contribution in [2.24, 2.45) is 0 Å². The number of para-hydroxylation sites is 1. The van der Waals surface area contributed by atoms with E-state index in [2.05, 4.69) is 11.9 Å². The minimum Gasteiger partial charge on any atom is -0.493 e. The van der Waals surface area contributed by atoms with E-state index in [9.17, 15) is 4.79 Å². The first-order chi connectivity index (χ1) is 12.7. The maximum atomic E-state index is 13.0. The number of carbonyl (C=O) groups is 1. The lowest BCUT2D eigenvalue weighted by molar-refractivity contribution is 0.0705. The summed E-state index contributed by atoms with van der Waals surface area (Å²) in [4.78, 5) is 14.7. The van der Waals surface area contributed by atoms with Gasteiger partial charge in [-0.1, -0.05) is 18.2 Å². The third-order valence-electron chi connectivity index (χ3n) is 4.38. The molecule has 1 aliphatic rings. The lowest BCUT2D eigenvalue weighted by atomic mass is 10.0. The van der Waals surface area contributed by atoms with E-state index in [0.29, 0.717) is 29.4 Å². The van der Waals surface area contributed by atoms with Gasteiger partial charge in [0.05, 0.1) is 26.9 Å². The maximum Gasteiger partial charge on any atom is 0.258 e. The Morgan fingerprint density at radius 3 is 2.46 bits per heavy atom. The molecule has 0 saturated carbocycles. The van der Waals surface area contributed by atoms with E-state index in [1.165, 1.54) is 0 Å². The Hall–Kier alpha value is -3.15. The van der Waals surface area contributed by atoms with Crippen LogP contribution in [0.1, 0.15) is 22.1 Å². The summed E-state index contributed by atoms with van der Waals surface area (Å²) in [6, 6.07) is 11.1. The lowest BCUT2D eigenvalue weighted by Gasteiger charge is -2.38. The molecule has 2 aromatic carbocycles. The molecule has 1 amide bonds. The SMILES string of the molecule is C=CCN1C(=O)c2ccccc2NC1c1ccc(OC)c(OC)c1OC.